The first-order valence-electron chi connectivity index (χ1n) is 26.4. The summed E-state index contributed by atoms with van der Waals surface area (Å²) >= 11 is 0. The molecule has 72 heavy (non-hydrogen) atoms. The first-order valence-corrected chi connectivity index (χ1v) is 26.4. The lowest BCUT2D eigenvalue weighted by Crippen LogP contribution is -2.66. The van der Waals surface area contributed by atoms with E-state index in [-0.39, 0.29) is 41.5 Å². The Morgan fingerprint density at radius 2 is 1.25 bits per heavy atom. The van der Waals surface area contributed by atoms with Gasteiger partial charge in [0.15, 0.2) is 25.2 Å². The van der Waals surface area contributed by atoms with Crippen LogP contribution in [0.2, 0.25) is 0 Å². The van der Waals surface area contributed by atoms with Gasteiger partial charge in [-0.2, -0.15) is 0 Å². The molecule has 5 aliphatic heterocycles. The third-order valence-corrected chi connectivity index (χ3v) is 18.9. The molecule has 5 saturated heterocycles. The van der Waals surface area contributed by atoms with Crippen molar-refractivity contribution in [3.8, 4) is 0 Å². The number of ether oxygens (including phenoxy) is 9. The summed E-state index contributed by atoms with van der Waals surface area (Å²) in [6.45, 7) is 13.5. The van der Waals surface area contributed by atoms with Crippen LogP contribution < -0.4 is 0 Å². The summed E-state index contributed by atoms with van der Waals surface area (Å²) in [6, 6.07) is 0. The van der Waals surface area contributed by atoms with E-state index in [0.717, 1.165) is 50.5 Å². The number of allylic oxidation sites excluding steroid dienone is 1. The van der Waals surface area contributed by atoms with Crippen molar-refractivity contribution in [3.05, 3.63) is 23.8 Å². The standard InChI is InChI=1S/C51H82O21/c1-20(19-64-46-40(60)39(59)36(56)31(17-52)69-46)7-10-29-21(2)33-30(68-29)16-28-26-9-8-24-15-25(11-13-50(24,5)27(26)12-14-51(28,33)6)67-49-45(72-48-42(62)38(58)35(55)23(4)66-48)43(63)44(32(18-53)70-49)71-47-41(61)37(57)34(54)22(3)65-47/h8,20,22-23,25-49,52-63H,2,7,9-19H2,1,3-6H3/t20-,22+,23+,25+,26-,27+,28+,29?,30+,31-,32-,33+,34+,35+,36-,37-,38-,39+,40-,41-,42-,43+,44-,45-,46-,47+,48+,49-,50+,51+/m1/s1. The molecule has 0 amide bonds. The summed E-state index contributed by atoms with van der Waals surface area (Å²) < 4.78 is 54.8. The van der Waals surface area contributed by atoms with Crippen LogP contribution in [0.3, 0.4) is 0 Å². The van der Waals surface area contributed by atoms with Crippen LogP contribution in [0.25, 0.3) is 0 Å². The van der Waals surface area contributed by atoms with Crippen LogP contribution in [-0.2, 0) is 42.6 Å². The van der Waals surface area contributed by atoms with E-state index in [9.17, 15) is 61.3 Å². The molecule has 21 nitrogen and oxygen atoms in total. The number of hydrogen-bond acceptors (Lipinski definition) is 21. The van der Waals surface area contributed by atoms with Gasteiger partial charge in [0.1, 0.15) is 85.5 Å². The molecule has 0 radical (unpaired) electrons. The van der Waals surface area contributed by atoms with Gasteiger partial charge in [0.25, 0.3) is 0 Å². The van der Waals surface area contributed by atoms with Gasteiger partial charge in [-0.15, -0.1) is 0 Å². The molecular weight excluding hydrogens is 949 g/mol. The highest BCUT2D eigenvalue weighted by atomic mass is 16.8. The highest BCUT2D eigenvalue weighted by Crippen LogP contribution is 2.69. The molecule has 8 fully saturated rings. The predicted molar refractivity (Wildman–Crippen MR) is 248 cm³/mol. The number of fused-ring (bicyclic) bond motifs is 7. The van der Waals surface area contributed by atoms with Crippen molar-refractivity contribution in [2.45, 2.75) is 234 Å². The van der Waals surface area contributed by atoms with Crippen molar-refractivity contribution in [1.29, 1.82) is 0 Å². The number of aliphatic hydroxyl groups is 12. The summed E-state index contributed by atoms with van der Waals surface area (Å²) in [6.07, 6.45) is -19.1. The average Bonchev–Trinajstić information content (AvgIpc) is 3.85. The normalized spacial score (nSPS) is 54.0. The SMILES string of the molecule is C=C1C(CC[C@@H](C)CO[C@@H]2O[C@H](CO)[C@@H](O)[C@H](O)[C@H]2O)O[C@H]2C[C@H]3[C@@H]4CC=C5C[C@@H](O[C@@H]6O[C@H](CO)[C@@H](O[C@@H]7O[C@@H](C)[C@H](O)[C@@H](O)[C@H]7O)[C@H](O)[C@H]6O[C@@H]6O[C@@H](C)[C@H](O)[C@@H](O)[C@H]6O)CC[C@]5(C)[C@H]4CC[C@]3(C)[C@@H]12. The Kier molecular flexibility index (Phi) is 16.8. The molecule has 30 atom stereocenters. The minimum atomic E-state index is -1.74. The Morgan fingerprint density at radius 3 is 1.89 bits per heavy atom. The molecule has 3 saturated carbocycles. The van der Waals surface area contributed by atoms with Crippen molar-refractivity contribution in [2.24, 2.45) is 40.4 Å². The highest BCUT2D eigenvalue weighted by Gasteiger charge is 2.65. The van der Waals surface area contributed by atoms with Gasteiger partial charge in [-0.1, -0.05) is 39.0 Å². The molecule has 0 aromatic rings. The molecule has 0 aromatic carbocycles. The summed E-state index contributed by atoms with van der Waals surface area (Å²) in [7, 11) is 0. The lowest BCUT2D eigenvalue weighted by atomic mass is 9.47. The van der Waals surface area contributed by atoms with E-state index in [1.54, 1.807) is 0 Å². The van der Waals surface area contributed by atoms with E-state index < -0.39 is 142 Å². The third kappa shape index (κ3) is 9.95. The van der Waals surface area contributed by atoms with Crippen LogP contribution >= 0.6 is 0 Å². The summed E-state index contributed by atoms with van der Waals surface area (Å²) in [5, 5.41) is 126. The zero-order valence-electron chi connectivity index (χ0n) is 42.0. The molecule has 0 spiro atoms. The number of hydrogen-bond donors (Lipinski definition) is 12. The van der Waals surface area contributed by atoms with Gasteiger partial charge in [-0.05, 0) is 112 Å². The van der Waals surface area contributed by atoms with Crippen LogP contribution in [-0.4, -0.2) is 222 Å². The van der Waals surface area contributed by atoms with Crippen molar-refractivity contribution in [3.63, 3.8) is 0 Å². The lowest BCUT2D eigenvalue weighted by molar-refractivity contribution is -0.388. The van der Waals surface area contributed by atoms with E-state index in [4.69, 9.17) is 42.6 Å². The minimum Gasteiger partial charge on any atom is -0.394 e. The van der Waals surface area contributed by atoms with Gasteiger partial charge >= 0.3 is 0 Å². The van der Waals surface area contributed by atoms with Gasteiger partial charge in [-0.25, -0.2) is 0 Å². The summed E-state index contributed by atoms with van der Waals surface area (Å²) in [4.78, 5) is 0. The van der Waals surface area contributed by atoms with Gasteiger partial charge in [-0.3, -0.25) is 0 Å². The monoisotopic (exact) mass is 1030 g/mol. The topological polar surface area (TPSA) is 326 Å². The maximum absolute atomic E-state index is 12.0. The zero-order valence-corrected chi connectivity index (χ0v) is 42.0. The second kappa shape index (κ2) is 21.8. The van der Waals surface area contributed by atoms with Crippen LogP contribution in [0.5, 0.6) is 0 Å². The lowest BCUT2D eigenvalue weighted by Gasteiger charge is -2.58. The zero-order chi connectivity index (χ0) is 51.9. The molecule has 0 aromatic heterocycles. The Balaban J connectivity index is 0.838. The molecule has 0 bridgehead atoms. The van der Waals surface area contributed by atoms with Crippen LogP contribution in [0.4, 0.5) is 0 Å². The fourth-order valence-corrected chi connectivity index (χ4v) is 14.5. The largest absolute Gasteiger partial charge is 0.394 e. The summed E-state index contributed by atoms with van der Waals surface area (Å²) in [5.41, 5.74) is 2.37. The Bertz CT molecular complexity index is 1890. The molecular formula is C51H82O21. The maximum Gasteiger partial charge on any atom is 0.187 e. The number of aliphatic hydroxyl groups excluding tert-OH is 12. The molecule has 12 N–H and O–H groups in total. The van der Waals surface area contributed by atoms with Crippen LogP contribution in [0.1, 0.15) is 92.4 Å². The highest BCUT2D eigenvalue weighted by molar-refractivity contribution is 5.29. The molecule has 9 rings (SSSR count). The quantitative estimate of drug-likeness (QED) is 0.0893. The van der Waals surface area contributed by atoms with E-state index in [0.29, 0.717) is 30.6 Å². The van der Waals surface area contributed by atoms with Crippen LogP contribution in [0, 0.1) is 40.4 Å². The van der Waals surface area contributed by atoms with Crippen molar-refractivity contribution in [2.75, 3.05) is 19.8 Å². The first-order chi connectivity index (χ1) is 34.1. The third-order valence-electron chi connectivity index (χ3n) is 18.9. The van der Waals surface area contributed by atoms with Gasteiger partial charge in [0.2, 0.25) is 0 Å². The minimum absolute atomic E-state index is 0.0264. The van der Waals surface area contributed by atoms with Crippen molar-refractivity contribution < 1.29 is 104 Å². The second-order valence-electron chi connectivity index (χ2n) is 23.2. The average molecular weight is 1030 g/mol. The van der Waals surface area contributed by atoms with E-state index in [1.807, 2.05) is 6.92 Å². The van der Waals surface area contributed by atoms with Gasteiger partial charge in [0.05, 0.1) is 50.3 Å². The van der Waals surface area contributed by atoms with E-state index in [1.165, 1.54) is 19.4 Å². The molecule has 4 aliphatic carbocycles. The molecule has 5 heterocycles. The molecule has 9 aliphatic rings. The van der Waals surface area contributed by atoms with E-state index >= 15 is 0 Å². The first kappa shape index (κ1) is 55.4. The molecule has 1 unspecified atom stereocenters. The maximum atomic E-state index is 12.0. The van der Waals surface area contributed by atoms with Gasteiger partial charge < -0.3 is 104 Å². The Labute approximate surface area is 420 Å². The van der Waals surface area contributed by atoms with Gasteiger partial charge in [0, 0.05) is 5.92 Å². The second-order valence-corrected chi connectivity index (χ2v) is 23.2. The summed E-state index contributed by atoms with van der Waals surface area (Å²) in [5.74, 6) is 1.62. The van der Waals surface area contributed by atoms with E-state index in [2.05, 4.69) is 26.5 Å². The van der Waals surface area contributed by atoms with Crippen LogP contribution in [0.15, 0.2) is 23.8 Å². The molecule has 21 heteroatoms. The Morgan fingerprint density at radius 1 is 0.653 bits per heavy atom. The fraction of sp³-hybridized carbons (Fsp3) is 0.922. The number of rotatable bonds is 14. The Hall–Kier alpha value is -1.36. The van der Waals surface area contributed by atoms with Crippen molar-refractivity contribution in [1.82, 2.24) is 0 Å². The predicted octanol–water partition coefficient (Wildman–Crippen LogP) is -1.38. The smallest absolute Gasteiger partial charge is 0.187 e. The molecule has 412 valence electrons. The fourth-order valence-electron chi connectivity index (χ4n) is 14.5. The van der Waals surface area contributed by atoms with Crippen molar-refractivity contribution >= 4 is 0 Å².